The van der Waals surface area contributed by atoms with Crippen LogP contribution in [0.1, 0.15) is 12.8 Å². The lowest BCUT2D eigenvalue weighted by atomic mass is 10.2. The molecule has 0 radical (unpaired) electrons. The molecule has 0 aromatic heterocycles. The number of piperazine rings is 1. The topological polar surface area (TPSA) is 119 Å². The second kappa shape index (κ2) is 5.98. The van der Waals surface area contributed by atoms with Gasteiger partial charge in [-0.1, -0.05) is 0 Å². The van der Waals surface area contributed by atoms with Crippen LogP contribution in [-0.4, -0.2) is 77.5 Å². The van der Waals surface area contributed by atoms with Crippen LogP contribution in [0.2, 0.25) is 0 Å². The fraction of sp³-hybridized carbons (Fsp3) is 0.667. The number of rotatable bonds is 4. The van der Waals surface area contributed by atoms with E-state index < -0.39 is 23.9 Å². The van der Waals surface area contributed by atoms with Crippen LogP contribution in [0.5, 0.6) is 0 Å². The van der Waals surface area contributed by atoms with E-state index in [1.807, 2.05) is 0 Å². The Hall–Kier alpha value is -2.32. The summed E-state index contributed by atoms with van der Waals surface area (Å²) in [6, 6.07) is -1.58. The summed E-state index contributed by atoms with van der Waals surface area (Å²) < 4.78 is 0. The second-order valence-corrected chi connectivity index (χ2v) is 5.27. The van der Waals surface area contributed by atoms with Crippen molar-refractivity contribution in [3.8, 4) is 0 Å². The molecular weight excluding hydrogens is 280 g/mol. The molecule has 1 unspecified atom stereocenters. The van der Waals surface area contributed by atoms with E-state index in [4.69, 9.17) is 5.11 Å². The highest BCUT2D eigenvalue weighted by atomic mass is 16.4. The Morgan fingerprint density at radius 1 is 1.43 bits per heavy atom. The van der Waals surface area contributed by atoms with Gasteiger partial charge in [-0.2, -0.15) is 0 Å². The van der Waals surface area contributed by atoms with E-state index in [2.05, 4.69) is 10.6 Å². The predicted octanol–water partition coefficient (Wildman–Crippen LogP) is -1.80. The van der Waals surface area contributed by atoms with Gasteiger partial charge in [0, 0.05) is 19.6 Å². The predicted molar refractivity (Wildman–Crippen MR) is 70.3 cm³/mol. The van der Waals surface area contributed by atoms with Crippen molar-refractivity contribution >= 4 is 23.8 Å². The van der Waals surface area contributed by atoms with Crippen molar-refractivity contribution in [1.29, 1.82) is 0 Å². The molecule has 116 valence electrons. The number of aliphatic carboxylic acids is 1. The summed E-state index contributed by atoms with van der Waals surface area (Å²) in [5.74, 6) is -1.91. The minimum absolute atomic E-state index is 0.137. The molecule has 0 aromatic rings. The lowest BCUT2D eigenvalue weighted by Gasteiger charge is -2.35. The summed E-state index contributed by atoms with van der Waals surface area (Å²) in [5, 5.41) is 14.2. The standard InChI is InChI=1S/C12H18N4O5/c1-15(5-10(18)14-7-2-3-7)12(21)16-6-9(17)13-4-8(16)11(19)20/h7-8H,2-6H2,1H3,(H,13,17)(H,14,18)(H,19,20). The summed E-state index contributed by atoms with van der Waals surface area (Å²) in [6.45, 7) is -0.633. The first-order chi connectivity index (χ1) is 9.88. The van der Waals surface area contributed by atoms with Crippen molar-refractivity contribution in [1.82, 2.24) is 20.4 Å². The van der Waals surface area contributed by atoms with Crippen LogP contribution in [0.15, 0.2) is 0 Å². The molecule has 9 heteroatoms. The molecule has 2 aliphatic rings. The van der Waals surface area contributed by atoms with Crippen LogP contribution in [0.4, 0.5) is 4.79 Å². The van der Waals surface area contributed by atoms with Crippen molar-refractivity contribution in [3.05, 3.63) is 0 Å². The molecule has 1 atom stereocenters. The fourth-order valence-electron chi connectivity index (χ4n) is 2.07. The van der Waals surface area contributed by atoms with Crippen molar-refractivity contribution < 1.29 is 24.3 Å². The second-order valence-electron chi connectivity index (χ2n) is 5.27. The SMILES string of the molecule is CN(CC(=O)NC1CC1)C(=O)N1CC(=O)NCC1C(=O)O. The number of nitrogens with zero attached hydrogens (tertiary/aromatic N) is 2. The zero-order chi connectivity index (χ0) is 15.6. The van der Waals surface area contributed by atoms with Gasteiger partial charge in [-0.05, 0) is 12.8 Å². The molecule has 0 bridgehead atoms. The third-order valence-corrected chi connectivity index (χ3v) is 3.36. The van der Waals surface area contributed by atoms with Gasteiger partial charge in [-0.15, -0.1) is 0 Å². The smallest absolute Gasteiger partial charge is 0.328 e. The minimum Gasteiger partial charge on any atom is -0.480 e. The number of nitrogens with one attached hydrogen (secondary N) is 2. The molecule has 2 fully saturated rings. The number of carboxylic acids is 1. The zero-order valence-corrected chi connectivity index (χ0v) is 11.7. The normalized spacial score (nSPS) is 21.5. The largest absolute Gasteiger partial charge is 0.480 e. The maximum atomic E-state index is 12.2. The van der Waals surface area contributed by atoms with E-state index in [-0.39, 0.29) is 31.6 Å². The summed E-state index contributed by atoms with van der Waals surface area (Å²) >= 11 is 0. The number of carbonyl (C=O) groups excluding carboxylic acids is 3. The highest BCUT2D eigenvalue weighted by Gasteiger charge is 2.37. The van der Waals surface area contributed by atoms with Crippen LogP contribution in [0, 0.1) is 0 Å². The van der Waals surface area contributed by atoms with E-state index in [0.29, 0.717) is 0 Å². The maximum absolute atomic E-state index is 12.2. The minimum atomic E-state index is -1.20. The van der Waals surface area contributed by atoms with Crippen LogP contribution < -0.4 is 10.6 Å². The first-order valence-electron chi connectivity index (χ1n) is 6.69. The Bertz CT molecular complexity index is 476. The number of amides is 4. The Morgan fingerprint density at radius 3 is 2.67 bits per heavy atom. The van der Waals surface area contributed by atoms with E-state index >= 15 is 0 Å². The quantitative estimate of drug-likeness (QED) is 0.566. The summed E-state index contributed by atoms with van der Waals surface area (Å²) in [7, 11) is 1.40. The molecule has 1 heterocycles. The molecule has 21 heavy (non-hydrogen) atoms. The van der Waals surface area contributed by atoms with Gasteiger partial charge in [-0.3, -0.25) is 14.5 Å². The fourth-order valence-corrected chi connectivity index (χ4v) is 2.07. The highest BCUT2D eigenvalue weighted by Crippen LogP contribution is 2.18. The number of carboxylic acid groups (broad SMARTS) is 1. The van der Waals surface area contributed by atoms with Crippen molar-refractivity contribution in [2.75, 3.05) is 26.7 Å². The molecule has 0 spiro atoms. The number of hydrogen-bond donors (Lipinski definition) is 3. The molecule has 1 saturated carbocycles. The monoisotopic (exact) mass is 298 g/mol. The Labute approximate surface area is 121 Å². The molecule has 1 aliphatic heterocycles. The molecule has 4 amide bonds. The van der Waals surface area contributed by atoms with Crippen molar-refractivity contribution in [2.24, 2.45) is 0 Å². The van der Waals surface area contributed by atoms with Crippen LogP contribution in [0.25, 0.3) is 0 Å². The molecule has 3 N–H and O–H groups in total. The maximum Gasteiger partial charge on any atom is 0.328 e. The zero-order valence-electron chi connectivity index (χ0n) is 11.7. The van der Waals surface area contributed by atoms with Crippen molar-refractivity contribution in [2.45, 2.75) is 24.9 Å². The molecule has 1 saturated heterocycles. The molecule has 9 nitrogen and oxygen atoms in total. The first kappa shape index (κ1) is 15.1. The number of likely N-dealkylation sites (N-methyl/N-ethyl adjacent to an activating group) is 1. The van der Waals surface area contributed by atoms with Crippen LogP contribution >= 0.6 is 0 Å². The van der Waals surface area contributed by atoms with Gasteiger partial charge >= 0.3 is 12.0 Å². The lowest BCUT2D eigenvalue weighted by molar-refractivity contribution is -0.144. The van der Waals surface area contributed by atoms with Gasteiger partial charge in [0.1, 0.15) is 19.1 Å². The average Bonchev–Trinajstić information content (AvgIpc) is 3.20. The molecule has 1 aliphatic carbocycles. The van der Waals surface area contributed by atoms with Crippen LogP contribution in [-0.2, 0) is 14.4 Å². The van der Waals surface area contributed by atoms with E-state index in [1.165, 1.54) is 7.05 Å². The van der Waals surface area contributed by atoms with Crippen LogP contribution in [0.3, 0.4) is 0 Å². The molecule has 0 aromatic carbocycles. The van der Waals surface area contributed by atoms with Gasteiger partial charge in [0.15, 0.2) is 0 Å². The average molecular weight is 298 g/mol. The highest BCUT2D eigenvalue weighted by molar-refractivity contribution is 5.92. The Balaban J connectivity index is 1.95. The van der Waals surface area contributed by atoms with E-state index in [9.17, 15) is 19.2 Å². The Morgan fingerprint density at radius 2 is 2.10 bits per heavy atom. The summed E-state index contributed by atoms with van der Waals surface area (Å²) in [5.41, 5.74) is 0. The van der Waals surface area contributed by atoms with E-state index in [1.54, 1.807) is 0 Å². The number of hydrogen-bond acceptors (Lipinski definition) is 4. The Kier molecular flexibility index (Phi) is 4.29. The summed E-state index contributed by atoms with van der Waals surface area (Å²) in [4.78, 5) is 48.4. The third kappa shape index (κ3) is 3.83. The molecular formula is C12H18N4O5. The first-order valence-corrected chi connectivity index (χ1v) is 6.69. The van der Waals surface area contributed by atoms with Gasteiger partial charge in [-0.25, -0.2) is 9.59 Å². The summed E-state index contributed by atoms with van der Waals surface area (Å²) in [6.07, 6.45) is 1.88. The van der Waals surface area contributed by atoms with Gasteiger partial charge < -0.3 is 20.6 Å². The van der Waals surface area contributed by atoms with Gasteiger partial charge in [0.2, 0.25) is 11.8 Å². The van der Waals surface area contributed by atoms with E-state index in [0.717, 1.165) is 22.6 Å². The number of carbonyl (C=O) groups is 4. The number of urea groups is 1. The van der Waals surface area contributed by atoms with Gasteiger partial charge in [0.05, 0.1) is 0 Å². The lowest BCUT2D eigenvalue weighted by Crippen LogP contribution is -2.61. The van der Waals surface area contributed by atoms with Crippen molar-refractivity contribution in [3.63, 3.8) is 0 Å². The van der Waals surface area contributed by atoms with Gasteiger partial charge in [0.25, 0.3) is 0 Å². The molecule has 2 rings (SSSR count). The third-order valence-electron chi connectivity index (χ3n) is 3.36.